The standard InChI is InChI=1S/C12H12N2.2BrH/c1-3-7-13-9-10-14-8-4-2-6-12(14)11(13)5-1;;/h1,3-5,7-10H,2,6H2;2*1H/q+2;;/p-2. The Kier molecular flexibility index (Phi) is 4.62. The van der Waals surface area contributed by atoms with Crippen molar-refractivity contribution in [2.45, 2.75) is 12.8 Å². The molecule has 3 rings (SSSR count). The van der Waals surface area contributed by atoms with E-state index in [0.29, 0.717) is 0 Å². The Bertz CT molecular complexity index is 523. The third-order valence-corrected chi connectivity index (χ3v) is 2.70. The lowest BCUT2D eigenvalue weighted by molar-refractivity contribution is -0.611. The van der Waals surface area contributed by atoms with Crippen LogP contribution in [0.1, 0.15) is 12.1 Å². The summed E-state index contributed by atoms with van der Waals surface area (Å²) in [5.41, 5.74) is 2.70. The average molecular weight is 344 g/mol. The number of aryl methyl sites for hydroxylation is 1. The molecule has 0 spiro atoms. The zero-order valence-electron chi connectivity index (χ0n) is 8.68. The van der Waals surface area contributed by atoms with Gasteiger partial charge in [-0.05, 0) is 18.6 Å². The fourth-order valence-corrected chi connectivity index (χ4v) is 2.00. The van der Waals surface area contributed by atoms with E-state index in [9.17, 15) is 0 Å². The molecule has 0 N–H and O–H groups in total. The van der Waals surface area contributed by atoms with Crippen LogP contribution in [0, 0.1) is 0 Å². The number of rotatable bonds is 0. The maximum atomic E-state index is 2.21. The van der Waals surface area contributed by atoms with Gasteiger partial charge in [-0.25, -0.2) is 0 Å². The van der Waals surface area contributed by atoms with Gasteiger partial charge in [-0.3, -0.25) is 0 Å². The molecular formula is C12H12Br2N2. The summed E-state index contributed by atoms with van der Waals surface area (Å²) in [5, 5.41) is 0. The molecule has 0 saturated carbocycles. The Balaban J connectivity index is 0.000000640. The number of halogens is 2. The first-order valence-electron chi connectivity index (χ1n) is 4.95. The number of hydrogen-bond donors (Lipinski definition) is 0. The lowest BCUT2D eigenvalue weighted by Crippen LogP contribution is -3.00. The van der Waals surface area contributed by atoms with Gasteiger partial charge in [0.15, 0.2) is 12.4 Å². The monoisotopic (exact) mass is 342 g/mol. The quantitative estimate of drug-likeness (QED) is 0.424. The Labute approximate surface area is 116 Å². The molecule has 0 bridgehead atoms. The van der Waals surface area contributed by atoms with Crippen molar-refractivity contribution in [2.24, 2.45) is 0 Å². The normalized spacial score (nSPS) is 12.5. The lowest BCUT2D eigenvalue weighted by Gasteiger charge is -2.01. The summed E-state index contributed by atoms with van der Waals surface area (Å²) >= 11 is 0. The molecule has 2 aromatic rings. The topological polar surface area (TPSA) is 7.98 Å². The molecule has 0 atom stereocenters. The van der Waals surface area contributed by atoms with Crippen molar-refractivity contribution in [3.8, 4) is 0 Å². The first kappa shape index (κ1) is 13.3. The third-order valence-electron chi connectivity index (χ3n) is 2.70. The van der Waals surface area contributed by atoms with Gasteiger partial charge in [0.1, 0.15) is 0 Å². The highest BCUT2D eigenvalue weighted by Gasteiger charge is 2.20. The molecule has 0 fully saturated rings. The summed E-state index contributed by atoms with van der Waals surface area (Å²) in [4.78, 5) is 0. The molecule has 1 aliphatic heterocycles. The Morgan fingerprint density at radius 1 is 1.00 bits per heavy atom. The maximum absolute atomic E-state index is 2.21. The van der Waals surface area contributed by atoms with E-state index in [1.54, 1.807) is 0 Å². The second kappa shape index (κ2) is 5.55. The molecule has 84 valence electrons. The molecule has 2 aromatic heterocycles. The number of fused-ring (bicyclic) bond motifs is 3. The van der Waals surface area contributed by atoms with E-state index >= 15 is 0 Å². The molecule has 0 saturated heterocycles. The second-order valence-corrected chi connectivity index (χ2v) is 3.57. The van der Waals surface area contributed by atoms with Crippen molar-refractivity contribution in [2.75, 3.05) is 0 Å². The van der Waals surface area contributed by atoms with Crippen molar-refractivity contribution in [1.29, 1.82) is 0 Å². The molecule has 1 aliphatic rings. The van der Waals surface area contributed by atoms with Crippen LogP contribution in [0.2, 0.25) is 0 Å². The Morgan fingerprint density at radius 2 is 1.88 bits per heavy atom. The first-order chi connectivity index (χ1) is 6.95. The number of allylic oxidation sites excluding steroid dienone is 1. The largest absolute Gasteiger partial charge is 1.00 e. The van der Waals surface area contributed by atoms with Gasteiger partial charge in [-0.15, -0.1) is 0 Å². The summed E-state index contributed by atoms with van der Waals surface area (Å²) in [6.07, 6.45) is 12.9. The van der Waals surface area contributed by atoms with Gasteiger partial charge in [0.25, 0.3) is 11.2 Å². The van der Waals surface area contributed by atoms with Gasteiger partial charge < -0.3 is 34.0 Å². The summed E-state index contributed by atoms with van der Waals surface area (Å²) in [6.45, 7) is 0. The number of pyridine rings is 1. The minimum atomic E-state index is 0. The van der Waals surface area contributed by atoms with Gasteiger partial charge in [-0.1, -0.05) is 0 Å². The Hall–Kier alpha value is -0.740. The zero-order chi connectivity index (χ0) is 9.38. The molecule has 0 aromatic carbocycles. The van der Waals surface area contributed by atoms with Gasteiger partial charge in [-0.2, -0.15) is 8.97 Å². The van der Waals surface area contributed by atoms with E-state index in [2.05, 4.69) is 58.0 Å². The van der Waals surface area contributed by atoms with Gasteiger partial charge in [0, 0.05) is 18.6 Å². The smallest absolute Gasteiger partial charge is 0.278 e. The molecule has 0 radical (unpaired) electrons. The third kappa shape index (κ3) is 2.18. The van der Waals surface area contributed by atoms with Crippen molar-refractivity contribution < 1.29 is 42.9 Å². The predicted octanol–water partition coefficient (Wildman–Crippen LogP) is -4.86. The highest BCUT2D eigenvalue weighted by Crippen LogP contribution is 2.07. The lowest BCUT2D eigenvalue weighted by atomic mass is 10.1. The Morgan fingerprint density at radius 3 is 2.75 bits per heavy atom. The fraction of sp³-hybridized carbons (Fsp3) is 0.167. The number of nitrogens with zero attached hydrogens (tertiary/aromatic N) is 2. The fourth-order valence-electron chi connectivity index (χ4n) is 2.00. The number of hydrogen-bond acceptors (Lipinski definition) is 0. The van der Waals surface area contributed by atoms with E-state index in [4.69, 9.17) is 0 Å². The summed E-state index contributed by atoms with van der Waals surface area (Å²) in [6, 6.07) is 6.32. The van der Waals surface area contributed by atoms with Crippen LogP contribution >= 0.6 is 0 Å². The summed E-state index contributed by atoms with van der Waals surface area (Å²) in [5.74, 6) is 0. The van der Waals surface area contributed by atoms with Crippen LogP contribution in [0.15, 0.2) is 42.9 Å². The molecule has 3 heterocycles. The van der Waals surface area contributed by atoms with Gasteiger partial charge >= 0.3 is 0 Å². The van der Waals surface area contributed by atoms with Crippen molar-refractivity contribution in [1.82, 2.24) is 0 Å². The van der Waals surface area contributed by atoms with E-state index in [-0.39, 0.29) is 34.0 Å². The van der Waals surface area contributed by atoms with Crippen LogP contribution in [-0.2, 0) is 6.42 Å². The highest BCUT2D eigenvalue weighted by atomic mass is 79.9. The minimum Gasteiger partial charge on any atom is -1.00 e. The van der Waals surface area contributed by atoms with E-state index < -0.39 is 0 Å². The molecule has 4 heteroatoms. The molecule has 2 nitrogen and oxygen atoms in total. The molecule has 0 aliphatic carbocycles. The minimum absolute atomic E-state index is 0. The average Bonchev–Trinajstić information content (AvgIpc) is 2.29. The van der Waals surface area contributed by atoms with Crippen molar-refractivity contribution in [3.63, 3.8) is 0 Å². The van der Waals surface area contributed by atoms with Crippen molar-refractivity contribution in [3.05, 3.63) is 48.6 Å². The van der Waals surface area contributed by atoms with E-state index in [1.807, 2.05) is 0 Å². The number of aromatic nitrogens is 2. The van der Waals surface area contributed by atoms with Crippen LogP contribution in [-0.4, -0.2) is 0 Å². The SMILES string of the molecule is C1=C[n+]2cc[n+]3ccccc3c2CC1.[Br-].[Br-]. The van der Waals surface area contributed by atoms with Crippen LogP contribution in [0.4, 0.5) is 0 Å². The molecule has 16 heavy (non-hydrogen) atoms. The van der Waals surface area contributed by atoms with Crippen LogP contribution in [0.25, 0.3) is 11.7 Å². The van der Waals surface area contributed by atoms with Gasteiger partial charge in [0.05, 0.1) is 0 Å². The van der Waals surface area contributed by atoms with Crippen molar-refractivity contribution >= 4 is 11.7 Å². The zero-order valence-corrected chi connectivity index (χ0v) is 11.9. The molecular weight excluding hydrogens is 332 g/mol. The predicted molar refractivity (Wildman–Crippen MR) is 53.4 cm³/mol. The first-order valence-corrected chi connectivity index (χ1v) is 4.95. The second-order valence-electron chi connectivity index (χ2n) is 3.57. The van der Waals surface area contributed by atoms with Crippen LogP contribution in [0.3, 0.4) is 0 Å². The molecule has 0 unspecified atom stereocenters. The van der Waals surface area contributed by atoms with E-state index in [1.165, 1.54) is 11.2 Å². The summed E-state index contributed by atoms with van der Waals surface area (Å²) in [7, 11) is 0. The maximum Gasteiger partial charge on any atom is 0.278 e. The molecule has 0 amide bonds. The summed E-state index contributed by atoms with van der Waals surface area (Å²) < 4.78 is 4.38. The van der Waals surface area contributed by atoms with E-state index in [0.717, 1.165) is 12.8 Å². The van der Waals surface area contributed by atoms with Crippen LogP contribution < -0.4 is 42.9 Å². The van der Waals surface area contributed by atoms with Gasteiger partial charge in [0.2, 0.25) is 12.4 Å². The highest BCUT2D eigenvalue weighted by molar-refractivity contribution is 5.43. The van der Waals surface area contributed by atoms with Crippen LogP contribution in [0.5, 0.6) is 0 Å².